The molecule has 0 N–H and O–H groups in total. The molecule has 230 valence electrons. The molecule has 1 aliphatic carbocycles. The highest BCUT2D eigenvalue weighted by Crippen LogP contribution is 2.39. The van der Waals surface area contributed by atoms with Crippen molar-refractivity contribution in [1.82, 2.24) is 0 Å². The summed E-state index contributed by atoms with van der Waals surface area (Å²) >= 11 is 0. The molecule has 0 aromatic heterocycles. The van der Waals surface area contributed by atoms with E-state index in [2.05, 4.69) is 6.92 Å². The summed E-state index contributed by atoms with van der Waals surface area (Å²) in [6.45, 7) is 4.44. The van der Waals surface area contributed by atoms with E-state index < -0.39 is 46.4 Å². The van der Waals surface area contributed by atoms with Crippen LogP contribution in [0.3, 0.4) is 0 Å². The zero-order valence-corrected chi connectivity index (χ0v) is 24.3. The first-order valence-electron chi connectivity index (χ1n) is 14.7. The molecule has 1 aliphatic rings. The van der Waals surface area contributed by atoms with Gasteiger partial charge in [-0.2, -0.15) is 13.2 Å². The number of allylic oxidation sites excluding steroid dienone is 2. The Labute approximate surface area is 248 Å². The largest absolute Gasteiger partial charge is 0.490 e. The molecule has 4 rings (SSSR count). The van der Waals surface area contributed by atoms with Gasteiger partial charge in [-0.3, -0.25) is 0 Å². The smallest absolute Gasteiger partial charge is 0.346 e. The van der Waals surface area contributed by atoms with Gasteiger partial charge in [0, 0.05) is 0 Å². The van der Waals surface area contributed by atoms with Crippen molar-refractivity contribution in [3.63, 3.8) is 0 Å². The van der Waals surface area contributed by atoms with E-state index in [0.717, 1.165) is 43.0 Å². The van der Waals surface area contributed by atoms with Crippen LogP contribution < -0.4 is 14.2 Å². The van der Waals surface area contributed by atoms with Gasteiger partial charge in [0.15, 0.2) is 23.1 Å². The highest BCUT2D eigenvalue weighted by molar-refractivity contribution is 5.92. The Kier molecular flexibility index (Phi) is 11.2. The van der Waals surface area contributed by atoms with E-state index in [1.165, 1.54) is 24.3 Å². The molecule has 1 atom stereocenters. The molecular formula is C34H35F5O4. The van der Waals surface area contributed by atoms with Crippen LogP contribution in [0.1, 0.15) is 92.6 Å². The molecule has 43 heavy (non-hydrogen) atoms. The molecule has 3 aromatic carbocycles. The van der Waals surface area contributed by atoms with Crippen LogP contribution in [-0.4, -0.2) is 19.2 Å². The highest BCUT2D eigenvalue weighted by atomic mass is 19.2. The van der Waals surface area contributed by atoms with Crippen LogP contribution in [0.4, 0.5) is 22.0 Å². The molecule has 3 aromatic rings. The first-order chi connectivity index (χ1) is 20.7. The van der Waals surface area contributed by atoms with Crippen molar-refractivity contribution in [2.24, 2.45) is 0 Å². The van der Waals surface area contributed by atoms with E-state index in [9.17, 15) is 26.7 Å². The minimum atomic E-state index is -1.40. The molecule has 0 spiro atoms. The number of halogens is 5. The monoisotopic (exact) mass is 602 g/mol. The zero-order chi connectivity index (χ0) is 30.9. The molecule has 1 unspecified atom stereocenters. The highest BCUT2D eigenvalue weighted by Gasteiger charge is 2.25. The number of hydrogen-bond acceptors (Lipinski definition) is 4. The third kappa shape index (κ3) is 7.75. The van der Waals surface area contributed by atoms with Crippen molar-refractivity contribution in [3.05, 3.63) is 94.3 Å². The fourth-order valence-corrected chi connectivity index (χ4v) is 5.01. The number of carbonyl (C=O) groups excluding carboxylic acids is 1. The Morgan fingerprint density at radius 2 is 1.44 bits per heavy atom. The average molecular weight is 603 g/mol. The first-order valence-corrected chi connectivity index (χ1v) is 14.7. The summed E-state index contributed by atoms with van der Waals surface area (Å²) in [5, 5.41) is 0. The van der Waals surface area contributed by atoms with Gasteiger partial charge in [0.05, 0.1) is 18.8 Å². The lowest BCUT2D eigenvalue weighted by atomic mass is 9.82. The molecule has 4 nitrogen and oxygen atoms in total. The topological polar surface area (TPSA) is 44.8 Å². The van der Waals surface area contributed by atoms with Crippen molar-refractivity contribution in [1.29, 1.82) is 0 Å². The number of hydrogen-bond donors (Lipinski definition) is 0. The molecule has 0 aliphatic heterocycles. The second kappa shape index (κ2) is 15.0. The Balaban J connectivity index is 1.40. The summed E-state index contributed by atoms with van der Waals surface area (Å²) in [6.07, 6.45) is 7.54. The quantitative estimate of drug-likeness (QED) is 0.0846. The third-order valence-electron chi connectivity index (χ3n) is 7.42. The van der Waals surface area contributed by atoms with Crippen molar-refractivity contribution in [3.8, 4) is 17.2 Å². The van der Waals surface area contributed by atoms with E-state index in [1.807, 2.05) is 13.0 Å². The number of ether oxygens (including phenoxy) is 3. The SMILES string of the molecule is CCCCCCOc1ccc(OC(=O)c2ccc(C3=CCC(c4ccc(OCCC)c(F)c4F)CC3)cc2F)c(F)c1F. The van der Waals surface area contributed by atoms with E-state index in [4.69, 9.17) is 14.2 Å². The maximum absolute atomic E-state index is 15.0. The van der Waals surface area contributed by atoms with Gasteiger partial charge in [0.2, 0.25) is 17.5 Å². The Bertz CT molecular complexity index is 1470. The lowest BCUT2D eigenvalue weighted by Crippen LogP contribution is -2.13. The number of benzene rings is 3. The van der Waals surface area contributed by atoms with Crippen LogP contribution >= 0.6 is 0 Å². The first kappa shape index (κ1) is 32.0. The van der Waals surface area contributed by atoms with Gasteiger partial charge < -0.3 is 14.2 Å². The van der Waals surface area contributed by atoms with Crippen molar-refractivity contribution >= 4 is 11.5 Å². The maximum Gasteiger partial charge on any atom is 0.346 e. The van der Waals surface area contributed by atoms with Gasteiger partial charge in [-0.25, -0.2) is 13.6 Å². The van der Waals surface area contributed by atoms with Crippen molar-refractivity contribution in [2.75, 3.05) is 13.2 Å². The Morgan fingerprint density at radius 3 is 2.12 bits per heavy atom. The molecular weight excluding hydrogens is 567 g/mol. The van der Waals surface area contributed by atoms with E-state index in [1.54, 1.807) is 0 Å². The number of esters is 1. The predicted octanol–water partition coefficient (Wildman–Crippen LogP) is 9.70. The molecule has 0 bridgehead atoms. The predicted molar refractivity (Wildman–Crippen MR) is 154 cm³/mol. The van der Waals surface area contributed by atoms with E-state index in [-0.39, 0.29) is 36.2 Å². The lowest BCUT2D eigenvalue weighted by molar-refractivity contribution is 0.0721. The van der Waals surface area contributed by atoms with E-state index in [0.29, 0.717) is 37.7 Å². The molecule has 0 heterocycles. The van der Waals surface area contributed by atoms with Crippen LogP contribution in [0, 0.1) is 29.1 Å². The van der Waals surface area contributed by atoms with E-state index >= 15 is 0 Å². The van der Waals surface area contributed by atoms with Gasteiger partial charge in [-0.15, -0.1) is 0 Å². The van der Waals surface area contributed by atoms with Gasteiger partial charge >= 0.3 is 5.97 Å². The van der Waals surface area contributed by atoms with Crippen molar-refractivity contribution < 1.29 is 41.0 Å². The number of rotatable bonds is 13. The zero-order valence-electron chi connectivity index (χ0n) is 24.3. The normalized spacial score (nSPS) is 14.8. The third-order valence-corrected chi connectivity index (χ3v) is 7.42. The van der Waals surface area contributed by atoms with Gasteiger partial charge in [-0.1, -0.05) is 51.3 Å². The summed E-state index contributed by atoms with van der Waals surface area (Å²) in [5.41, 5.74) is 1.12. The molecule has 0 fully saturated rings. The molecule has 0 amide bonds. The Hall–Kier alpha value is -3.88. The van der Waals surface area contributed by atoms with Crippen LogP contribution in [-0.2, 0) is 0 Å². The second-order valence-electron chi connectivity index (χ2n) is 10.5. The number of unbranched alkanes of at least 4 members (excludes halogenated alkanes) is 3. The lowest BCUT2D eigenvalue weighted by Gasteiger charge is -2.23. The van der Waals surface area contributed by atoms with Crippen LogP contribution in [0.25, 0.3) is 5.57 Å². The van der Waals surface area contributed by atoms with Gasteiger partial charge in [-0.05, 0) is 85.1 Å². The summed E-state index contributed by atoms with van der Waals surface area (Å²) in [7, 11) is 0. The minimum absolute atomic E-state index is 0.115. The van der Waals surface area contributed by atoms with Crippen LogP contribution in [0.15, 0.2) is 48.5 Å². The van der Waals surface area contributed by atoms with Gasteiger partial charge in [0.1, 0.15) is 5.82 Å². The van der Waals surface area contributed by atoms with Gasteiger partial charge in [0.25, 0.3) is 0 Å². The molecule has 0 radical (unpaired) electrons. The fourth-order valence-electron chi connectivity index (χ4n) is 5.01. The average Bonchev–Trinajstić information content (AvgIpc) is 3.01. The summed E-state index contributed by atoms with van der Waals surface area (Å²) < 4.78 is 88.7. The summed E-state index contributed by atoms with van der Waals surface area (Å²) in [6, 6.07) is 9.11. The number of carbonyl (C=O) groups is 1. The van der Waals surface area contributed by atoms with Crippen LogP contribution in [0.5, 0.6) is 17.2 Å². The summed E-state index contributed by atoms with van der Waals surface area (Å²) in [4.78, 5) is 12.6. The van der Waals surface area contributed by atoms with Crippen molar-refractivity contribution in [2.45, 2.75) is 71.1 Å². The maximum atomic E-state index is 15.0. The fraction of sp³-hybridized carbons (Fsp3) is 0.382. The van der Waals surface area contributed by atoms with Crippen LogP contribution in [0.2, 0.25) is 0 Å². The molecule has 0 saturated heterocycles. The molecule has 9 heteroatoms. The Morgan fingerprint density at radius 1 is 0.767 bits per heavy atom. The molecule has 0 saturated carbocycles. The second-order valence-corrected chi connectivity index (χ2v) is 10.5. The standard InChI is InChI=1S/C34H35F5O4/c1-3-5-6-7-19-42-28-16-17-29(33(39)32(28)38)43-34(40)25-13-12-23(20-26(25)35)21-8-10-22(11-9-21)24-14-15-27(41-18-4-2)31(37)30(24)36/h8,12-17,20,22H,3-7,9-11,18-19H2,1-2H3. The summed E-state index contributed by atoms with van der Waals surface area (Å²) in [5.74, 6) is -8.05. The minimum Gasteiger partial charge on any atom is -0.490 e.